The van der Waals surface area contributed by atoms with Gasteiger partial charge in [0.2, 0.25) is 0 Å². The molecule has 0 saturated carbocycles. The van der Waals surface area contributed by atoms with Gasteiger partial charge in [0.15, 0.2) is 0 Å². The molecule has 1 nitrogen and oxygen atoms in total. The lowest BCUT2D eigenvalue weighted by Crippen LogP contribution is -2.22. The molecule has 1 heterocycles. The summed E-state index contributed by atoms with van der Waals surface area (Å²) in [4.78, 5) is 0. The first kappa shape index (κ1) is 16.0. The number of para-hydroxylation sites is 1. The maximum Gasteiger partial charge on any atom is 0.139 e. The van der Waals surface area contributed by atoms with Gasteiger partial charge in [-0.25, -0.2) is 0 Å². The van der Waals surface area contributed by atoms with Crippen molar-refractivity contribution in [3.05, 3.63) is 107 Å². The Morgan fingerprint density at radius 2 is 1.29 bits per heavy atom. The first-order valence-corrected chi connectivity index (χ1v) is 9.86. The molecule has 0 bridgehead atoms. The van der Waals surface area contributed by atoms with Crippen LogP contribution in [0.15, 0.2) is 89.3 Å². The van der Waals surface area contributed by atoms with Gasteiger partial charge in [-0.2, -0.15) is 0 Å². The van der Waals surface area contributed by atoms with E-state index in [1.54, 1.807) is 0 Å². The minimum absolute atomic E-state index is 0.329. The zero-order valence-electron chi connectivity index (χ0n) is 15.4. The Morgan fingerprint density at radius 1 is 0.679 bits per heavy atom. The van der Waals surface area contributed by atoms with E-state index in [9.17, 15) is 0 Å². The fourth-order valence-corrected chi connectivity index (χ4v) is 5.12. The normalized spacial score (nSPS) is 14.4. The molecule has 1 aliphatic carbocycles. The van der Waals surface area contributed by atoms with Crippen LogP contribution in [0.4, 0.5) is 0 Å². The number of furan rings is 1. The lowest BCUT2D eigenvalue weighted by Gasteiger charge is -2.28. The number of rotatable bonds is 1. The fourth-order valence-electron chi connectivity index (χ4n) is 4.91. The summed E-state index contributed by atoms with van der Waals surface area (Å²) < 4.78 is 6.39. The van der Waals surface area contributed by atoms with E-state index in [4.69, 9.17) is 16.0 Å². The van der Waals surface area contributed by atoms with E-state index >= 15 is 0 Å². The Hall–Kier alpha value is -3.03. The molecule has 6 rings (SSSR count). The smallest absolute Gasteiger partial charge is 0.139 e. The molecule has 0 saturated heterocycles. The van der Waals surface area contributed by atoms with Crippen molar-refractivity contribution in [2.24, 2.45) is 0 Å². The van der Waals surface area contributed by atoms with Gasteiger partial charge in [0, 0.05) is 26.8 Å². The van der Waals surface area contributed by atoms with Gasteiger partial charge in [-0.3, -0.25) is 0 Å². The Kier molecular flexibility index (Phi) is 3.14. The third-order valence-electron chi connectivity index (χ3n) is 6.20. The number of halogens is 1. The average molecular weight is 381 g/mol. The van der Waals surface area contributed by atoms with Crippen molar-refractivity contribution >= 4 is 33.5 Å². The third kappa shape index (κ3) is 1.92. The summed E-state index contributed by atoms with van der Waals surface area (Å²) in [7, 11) is 0. The predicted molar refractivity (Wildman–Crippen MR) is 116 cm³/mol. The fraction of sp³-hybridized carbons (Fsp3) is 0.0769. The molecule has 0 N–H and O–H groups in total. The zero-order chi connectivity index (χ0) is 18.9. The number of benzene rings is 4. The van der Waals surface area contributed by atoms with Crippen molar-refractivity contribution in [3.8, 4) is 11.1 Å². The molecule has 134 valence electrons. The molecule has 0 spiro atoms. The van der Waals surface area contributed by atoms with E-state index in [0.29, 0.717) is 0 Å². The molecular weight excluding hydrogens is 364 g/mol. The molecule has 0 unspecified atom stereocenters. The highest BCUT2D eigenvalue weighted by atomic mass is 35.5. The molecule has 0 atom stereocenters. The predicted octanol–water partition coefficient (Wildman–Crippen LogP) is 7.57. The average Bonchev–Trinajstić information content (AvgIpc) is 3.23. The van der Waals surface area contributed by atoms with E-state index in [2.05, 4.69) is 67.6 Å². The van der Waals surface area contributed by atoms with Crippen LogP contribution in [-0.4, -0.2) is 0 Å². The van der Waals surface area contributed by atoms with Crippen molar-refractivity contribution in [3.63, 3.8) is 0 Å². The summed E-state index contributed by atoms with van der Waals surface area (Å²) in [6.45, 7) is 2.29. The lowest BCUT2D eigenvalue weighted by molar-refractivity contribution is 0.638. The zero-order valence-corrected chi connectivity index (χ0v) is 16.1. The Labute approximate surface area is 168 Å². The van der Waals surface area contributed by atoms with Gasteiger partial charge >= 0.3 is 0 Å². The van der Waals surface area contributed by atoms with E-state index in [0.717, 1.165) is 32.5 Å². The monoisotopic (exact) mass is 380 g/mol. The van der Waals surface area contributed by atoms with Crippen LogP contribution in [-0.2, 0) is 5.41 Å². The van der Waals surface area contributed by atoms with Crippen molar-refractivity contribution in [1.29, 1.82) is 0 Å². The Morgan fingerprint density at radius 3 is 2.00 bits per heavy atom. The molecule has 1 aromatic heterocycles. The molecule has 1 aliphatic rings. The van der Waals surface area contributed by atoms with Gasteiger partial charge in [-0.1, -0.05) is 78.3 Å². The van der Waals surface area contributed by atoms with Crippen LogP contribution in [0.2, 0.25) is 5.02 Å². The number of fused-ring (bicyclic) bond motifs is 6. The van der Waals surface area contributed by atoms with Gasteiger partial charge in [0.25, 0.3) is 0 Å². The minimum atomic E-state index is -0.329. The van der Waals surface area contributed by atoms with E-state index in [1.165, 1.54) is 22.3 Å². The molecule has 5 aromatic rings. The molecule has 0 radical (unpaired) electrons. The second-order valence-electron chi connectivity index (χ2n) is 7.64. The molecular formula is C26H17ClO. The summed E-state index contributed by atoms with van der Waals surface area (Å²) in [6.07, 6.45) is 0. The molecule has 4 aromatic carbocycles. The highest BCUT2D eigenvalue weighted by Crippen LogP contribution is 2.54. The van der Waals surface area contributed by atoms with Crippen LogP contribution in [0.5, 0.6) is 0 Å². The van der Waals surface area contributed by atoms with Gasteiger partial charge in [0.05, 0.1) is 0 Å². The first-order valence-electron chi connectivity index (χ1n) is 9.48. The topological polar surface area (TPSA) is 13.1 Å². The van der Waals surface area contributed by atoms with Crippen molar-refractivity contribution < 1.29 is 4.42 Å². The van der Waals surface area contributed by atoms with Crippen molar-refractivity contribution in [2.45, 2.75) is 12.3 Å². The molecule has 28 heavy (non-hydrogen) atoms. The maximum atomic E-state index is 6.63. The van der Waals surface area contributed by atoms with Gasteiger partial charge in [-0.15, -0.1) is 0 Å². The van der Waals surface area contributed by atoms with Crippen LogP contribution in [0.1, 0.15) is 23.6 Å². The SMILES string of the molecule is CC1(c2cc(Cl)cc3c2oc2ccccc23)c2ccccc2-c2ccccc21. The quantitative estimate of drug-likeness (QED) is 0.292. The van der Waals surface area contributed by atoms with Crippen LogP contribution in [0, 0.1) is 0 Å². The van der Waals surface area contributed by atoms with Crippen molar-refractivity contribution in [2.75, 3.05) is 0 Å². The van der Waals surface area contributed by atoms with Gasteiger partial charge < -0.3 is 4.42 Å². The Bertz CT molecular complexity index is 1350. The highest BCUT2D eigenvalue weighted by Gasteiger charge is 2.42. The van der Waals surface area contributed by atoms with E-state index in [-0.39, 0.29) is 5.41 Å². The number of hydrogen-bond acceptors (Lipinski definition) is 1. The van der Waals surface area contributed by atoms with E-state index in [1.807, 2.05) is 24.3 Å². The van der Waals surface area contributed by atoms with Crippen LogP contribution in [0.25, 0.3) is 33.1 Å². The van der Waals surface area contributed by atoms with Crippen LogP contribution >= 0.6 is 11.6 Å². The largest absolute Gasteiger partial charge is 0.456 e. The van der Waals surface area contributed by atoms with Gasteiger partial charge in [-0.05, 0) is 47.4 Å². The summed E-state index contributed by atoms with van der Waals surface area (Å²) in [5.74, 6) is 0. The number of hydrogen-bond donors (Lipinski definition) is 0. The van der Waals surface area contributed by atoms with Gasteiger partial charge in [0.1, 0.15) is 11.2 Å². The maximum absolute atomic E-state index is 6.63. The Balaban J connectivity index is 1.79. The minimum Gasteiger partial charge on any atom is -0.456 e. The van der Waals surface area contributed by atoms with Crippen LogP contribution in [0.3, 0.4) is 0 Å². The lowest BCUT2D eigenvalue weighted by atomic mass is 9.74. The summed E-state index contributed by atoms with van der Waals surface area (Å²) >= 11 is 6.63. The third-order valence-corrected chi connectivity index (χ3v) is 6.42. The first-order chi connectivity index (χ1) is 13.7. The second kappa shape index (κ2) is 5.50. The highest BCUT2D eigenvalue weighted by molar-refractivity contribution is 6.32. The molecule has 0 fully saturated rings. The molecule has 2 heteroatoms. The molecule has 0 amide bonds. The standard InChI is InChI=1S/C26H17ClO/c1-26(21-11-5-2-8-17(21)18-9-3-6-12-22(18)26)23-15-16(27)14-20-19-10-4-7-13-24(19)28-25(20)23/h2-15H,1H3. The summed E-state index contributed by atoms with van der Waals surface area (Å²) in [5.41, 5.74) is 7.74. The summed E-state index contributed by atoms with van der Waals surface area (Å²) in [5, 5.41) is 2.91. The van der Waals surface area contributed by atoms with Crippen molar-refractivity contribution in [1.82, 2.24) is 0 Å². The summed E-state index contributed by atoms with van der Waals surface area (Å²) in [6, 6.07) is 29.6. The second-order valence-corrected chi connectivity index (χ2v) is 8.08. The van der Waals surface area contributed by atoms with E-state index < -0.39 is 0 Å². The van der Waals surface area contributed by atoms with Crippen LogP contribution < -0.4 is 0 Å². The molecule has 0 aliphatic heterocycles.